The fraction of sp³-hybridized carbons (Fsp3) is 0.200. The van der Waals surface area contributed by atoms with E-state index in [9.17, 15) is 4.79 Å². The maximum Gasteiger partial charge on any atom is 0.251 e. The summed E-state index contributed by atoms with van der Waals surface area (Å²) in [4.78, 5) is 17.5. The van der Waals surface area contributed by atoms with E-state index in [1.165, 1.54) is 5.56 Å². The van der Waals surface area contributed by atoms with Crippen LogP contribution in [0.2, 0.25) is 0 Å². The number of carbonyl (C=O) groups excluding carboxylic acids is 1. The Kier molecular flexibility index (Phi) is 5.64. The summed E-state index contributed by atoms with van der Waals surface area (Å²) in [7, 11) is 0. The van der Waals surface area contributed by atoms with Crippen LogP contribution in [0.25, 0.3) is 16.9 Å². The van der Waals surface area contributed by atoms with Crippen LogP contribution in [-0.4, -0.2) is 15.3 Å². The zero-order chi connectivity index (χ0) is 21.3. The molecule has 0 atom stereocenters. The number of pyridine rings is 1. The van der Waals surface area contributed by atoms with Gasteiger partial charge in [-0.1, -0.05) is 63.2 Å². The average Bonchev–Trinajstić information content (AvgIpc) is 3.09. The first-order valence-corrected chi connectivity index (χ1v) is 11.0. The Balaban J connectivity index is 1.72. The van der Waals surface area contributed by atoms with Gasteiger partial charge in [-0.05, 0) is 57.8 Å². The molecule has 2 heterocycles. The number of carbonyl (C=O) groups is 1. The Labute approximate surface area is 190 Å². The molecule has 0 saturated heterocycles. The van der Waals surface area contributed by atoms with Gasteiger partial charge in [0.15, 0.2) is 0 Å². The molecule has 4 nitrogen and oxygen atoms in total. The lowest BCUT2D eigenvalue weighted by Gasteiger charge is -2.19. The molecule has 5 heteroatoms. The number of nitrogens with one attached hydrogen (secondary N) is 1. The van der Waals surface area contributed by atoms with E-state index in [1.807, 2.05) is 42.5 Å². The molecule has 2 aromatic carbocycles. The Morgan fingerprint density at radius 1 is 1.00 bits per heavy atom. The fourth-order valence-electron chi connectivity index (χ4n) is 3.45. The summed E-state index contributed by atoms with van der Waals surface area (Å²) in [6.45, 7) is 7.02. The van der Waals surface area contributed by atoms with Crippen molar-refractivity contribution in [1.29, 1.82) is 0 Å². The molecule has 0 aliphatic carbocycles. The number of hydrogen-bond acceptors (Lipinski definition) is 2. The summed E-state index contributed by atoms with van der Waals surface area (Å²) in [6.07, 6.45) is 2.06. The highest BCUT2D eigenvalue weighted by atomic mass is 127. The van der Waals surface area contributed by atoms with Crippen molar-refractivity contribution >= 4 is 34.1 Å². The molecule has 2 aromatic heterocycles. The number of nitrogens with zero attached hydrogens (tertiary/aromatic N) is 2. The lowest BCUT2D eigenvalue weighted by Crippen LogP contribution is -2.23. The maximum atomic E-state index is 12.6. The molecule has 0 bridgehead atoms. The van der Waals surface area contributed by atoms with Gasteiger partial charge < -0.3 is 9.72 Å². The van der Waals surface area contributed by atoms with Crippen LogP contribution in [0.4, 0.5) is 0 Å². The van der Waals surface area contributed by atoms with Gasteiger partial charge >= 0.3 is 0 Å². The Morgan fingerprint density at radius 2 is 1.70 bits per heavy atom. The summed E-state index contributed by atoms with van der Waals surface area (Å²) in [5.74, 6) is -0.0924. The smallest absolute Gasteiger partial charge is 0.251 e. The van der Waals surface area contributed by atoms with Gasteiger partial charge in [-0.3, -0.25) is 4.79 Å². The third-order valence-corrected chi connectivity index (χ3v) is 5.80. The molecule has 152 valence electrons. The van der Waals surface area contributed by atoms with Crippen LogP contribution in [0.15, 0.2) is 72.9 Å². The summed E-state index contributed by atoms with van der Waals surface area (Å²) >= 11 is 2.30. The van der Waals surface area contributed by atoms with Crippen LogP contribution < -0.4 is 5.32 Å². The lowest BCUT2D eigenvalue weighted by molar-refractivity contribution is 0.0950. The minimum absolute atomic E-state index is 0.0924. The maximum absolute atomic E-state index is 12.6. The number of rotatable bonds is 4. The molecular weight excluding hydrogens is 485 g/mol. The quantitative estimate of drug-likeness (QED) is 0.352. The van der Waals surface area contributed by atoms with Crippen molar-refractivity contribution in [1.82, 2.24) is 14.7 Å². The highest BCUT2D eigenvalue weighted by molar-refractivity contribution is 14.1. The highest BCUT2D eigenvalue weighted by Gasteiger charge is 2.18. The van der Waals surface area contributed by atoms with Gasteiger partial charge in [-0.15, -0.1) is 0 Å². The van der Waals surface area contributed by atoms with Gasteiger partial charge in [0, 0.05) is 20.9 Å². The van der Waals surface area contributed by atoms with Gasteiger partial charge in [0.05, 0.1) is 17.9 Å². The molecule has 30 heavy (non-hydrogen) atoms. The van der Waals surface area contributed by atoms with E-state index in [-0.39, 0.29) is 11.3 Å². The highest BCUT2D eigenvalue weighted by Crippen LogP contribution is 2.29. The molecule has 0 spiro atoms. The van der Waals surface area contributed by atoms with Gasteiger partial charge in [-0.2, -0.15) is 0 Å². The average molecular weight is 509 g/mol. The van der Waals surface area contributed by atoms with Gasteiger partial charge in [-0.25, -0.2) is 4.98 Å². The van der Waals surface area contributed by atoms with Crippen LogP contribution >= 0.6 is 22.6 Å². The van der Waals surface area contributed by atoms with Crippen LogP contribution in [0.1, 0.15) is 42.4 Å². The van der Waals surface area contributed by atoms with E-state index in [2.05, 4.69) is 83.5 Å². The first kappa shape index (κ1) is 20.6. The summed E-state index contributed by atoms with van der Waals surface area (Å²) < 4.78 is 3.18. The van der Waals surface area contributed by atoms with Gasteiger partial charge in [0.1, 0.15) is 5.65 Å². The van der Waals surface area contributed by atoms with Crippen LogP contribution in [-0.2, 0) is 12.0 Å². The van der Waals surface area contributed by atoms with E-state index >= 15 is 0 Å². The standard InChI is InChI=1S/C25H24IN3O/c1-25(2,3)19-11-9-17(10-12-19)23-21(29-16-20(26)13-14-22(29)28-23)15-27-24(30)18-7-5-4-6-8-18/h4-14,16H,15H2,1-3H3,(H,27,30). The zero-order valence-electron chi connectivity index (χ0n) is 17.3. The summed E-state index contributed by atoms with van der Waals surface area (Å²) in [5, 5.41) is 3.06. The molecule has 0 aliphatic rings. The van der Waals surface area contributed by atoms with E-state index in [1.54, 1.807) is 0 Å². The van der Waals surface area contributed by atoms with Crippen molar-refractivity contribution in [2.45, 2.75) is 32.7 Å². The molecule has 1 N–H and O–H groups in total. The minimum atomic E-state index is -0.0924. The number of halogens is 1. The van der Waals surface area contributed by atoms with Crippen molar-refractivity contribution in [3.05, 3.63) is 93.3 Å². The van der Waals surface area contributed by atoms with Gasteiger partial charge in [0.25, 0.3) is 5.91 Å². The lowest BCUT2D eigenvalue weighted by atomic mass is 9.86. The second-order valence-corrected chi connectivity index (χ2v) is 9.60. The van der Waals surface area contributed by atoms with E-state index in [0.717, 1.165) is 26.2 Å². The summed E-state index contributed by atoms with van der Waals surface area (Å²) in [6, 6.07) is 21.9. The second kappa shape index (κ2) is 8.22. The molecule has 0 radical (unpaired) electrons. The molecule has 0 unspecified atom stereocenters. The number of fused-ring (bicyclic) bond motifs is 1. The van der Waals surface area contributed by atoms with E-state index < -0.39 is 0 Å². The first-order chi connectivity index (χ1) is 14.3. The molecule has 4 rings (SSSR count). The van der Waals surface area contributed by atoms with Crippen molar-refractivity contribution in [3.63, 3.8) is 0 Å². The molecule has 0 aliphatic heterocycles. The van der Waals surface area contributed by atoms with Crippen LogP contribution in [0.5, 0.6) is 0 Å². The summed E-state index contributed by atoms with van der Waals surface area (Å²) in [5.41, 5.74) is 5.81. The SMILES string of the molecule is CC(C)(C)c1ccc(-c2nc3ccc(I)cn3c2CNC(=O)c2ccccc2)cc1. The Bertz CT molecular complexity index is 1190. The topological polar surface area (TPSA) is 46.4 Å². The fourth-order valence-corrected chi connectivity index (χ4v) is 3.91. The Morgan fingerprint density at radius 3 is 2.37 bits per heavy atom. The molecule has 0 fully saturated rings. The van der Waals surface area contributed by atoms with Crippen molar-refractivity contribution in [2.24, 2.45) is 0 Å². The predicted octanol–water partition coefficient (Wildman–Crippen LogP) is 5.83. The van der Waals surface area contributed by atoms with Gasteiger partial charge in [0.2, 0.25) is 0 Å². The molecule has 4 aromatic rings. The van der Waals surface area contributed by atoms with Crippen molar-refractivity contribution in [3.8, 4) is 11.3 Å². The van der Waals surface area contributed by atoms with E-state index in [0.29, 0.717) is 12.1 Å². The first-order valence-electron chi connectivity index (χ1n) is 9.93. The number of benzene rings is 2. The monoisotopic (exact) mass is 509 g/mol. The molecule has 1 amide bonds. The van der Waals surface area contributed by atoms with E-state index in [4.69, 9.17) is 4.98 Å². The van der Waals surface area contributed by atoms with Crippen molar-refractivity contribution in [2.75, 3.05) is 0 Å². The number of aromatic nitrogens is 2. The van der Waals surface area contributed by atoms with Crippen molar-refractivity contribution < 1.29 is 4.79 Å². The second-order valence-electron chi connectivity index (χ2n) is 8.36. The molecular formula is C25H24IN3O. The normalized spacial score (nSPS) is 11.6. The van der Waals surface area contributed by atoms with Crippen LogP contribution in [0.3, 0.4) is 0 Å². The largest absolute Gasteiger partial charge is 0.346 e. The zero-order valence-corrected chi connectivity index (χ0v) is 19.5. The number of amides is 1. The molecule has 0 saturated carbocycles. The number of hydrogen-bond donors (Lipinski definition) is 1. The number of imidazole rings is 1. The minimum Gasteiger partial charge on any atom is -0.346 e. The Hall–Kier alpha value is -2.67. The third-order valence-electron chi connectivity index (χ3n) is 5.16. The predicted molar refractivity (Wildman–Crippen MR) is 130 cm³/mol. The third kappa shape index (κ3) is 4.26. The van der Waals surface area contributed by atoms with Crippen LogP contribution in [0, 0.1) is 3.57 Å².